The van der Waals surface area contributed by atoms with Crippen LogP contribution in [0.25, 0.3) is 0 Å². The number of rotatable bonds is 3. The SMILES string of the molecule is CC1CC(Nc2cccc(C(=O)O)c2)CCN1C. The predicted octanol–water partition coefficient (Wildman–Crippen LogP) is 2.28. The molecule has 1 aromatic rings. The Balaban J connectivity index is 2.01. The number of aromatic carboxylic acids is 1. The third-order valence-electron chi connectivity index (χ3n) is 3.69. The Hall–Kier alpha value is -1.55. The van der Waals surface area contributed by atoms with Gasteiger partial charge >= 0.3 is 5.97 Å². The molecule has 2 atom stereocenters. The maximum atomic E-state index is 10.9. The van der Waals surface area contributed by atoms with Crippen molar-refractivity contribution >= 4 is 11.7 Å². The average Bonchev–Trinajstić information content (AvgIpc) is 2.34. The highest BCUT2D eigenvalue weighted by atomic mass is 16.4. The van der Waals surface area contributed by atoms with Gasteiger partial charge < -0.3 is 15.3 Å². The normalized spacial score (nSPS) is 24.8. The topological polar surface area (TPSA) is 52.6 Å². The van der Waals surface area contributed by atoms with Gasteiger partial charge in [-0.15, -0.1) is 0 Å². The fourth-order valence-corrected chi connectivity index (χ4v) is 2.40. The summed E-state index contributed by atoms with van der Waals surface area (Å²) in [6.45, 7) is 3.30. The van der Waals surface area contributed by atoms with Gasteiger partial charge in [0.05, 0.1) is 5.56 Å². The van der Waals surface area contributed by atoms with Gasteiger partial charge in [-0.05, 0) is 45.0 Å². The number of likely N-dealkylation sites (tertiary alicyclic amines) is 1. The second kappa shape index (κ2) is 5.40. The highest BCUT2D eigenvalue weighted by Crippen LogP contribution is 2.20. The second-order valence-corrected chi connectivity index (χ2v) is 5.08. The van der Waals surface area contributed by atoms with Gasteiger partial charge in [0.1, 0.15) is 0 Å². The van der Waals surface area contributed by atoms with Crippen LogP contribution in [0.2, 0.25) is 0 Å². The van der Waals surface area contributed by atoms with Crippen molar-refractivity contribution in [3.63, 3.8) is 0 Å². The molecule has 1 aliphatic rings. The molecule has 1 aromatic carbocycles. The molecule has 0 aliphatic carbocycles. The van der Waals surface area contributed by atoms with E-state index in [1.54, 1.807) is 18.2 Å². The Morgan fingerprint density at radius 1 is 1.50 bits per heavy atom. The van der Waals surface area contributed by atoms with Gasteiger partial charge in [0.15, 0.2) is 0 Å². The lowest BCUT2D eigenvalue weighted by molar-refractivity contribution is 0.0697. The first kappa shape index (κ1) is 12.9. The van der Waals surface area contributed by atoms with Gasteiger partial charge in [-0.25, -0.2) is 4.79 Å². The van der Waals surface area contributed by atoms with Gasteiger partial charge in [0.25, 0.3) is 0 Å². The minimum Gasteiger partial charge on any atom is -0.478 e. The van der Waals surface area contributed by atoms with E-state index in [0.29, 0.717) is 17.6 Å². The van der Waals surface area contributed by atoms with E-state index < -0.39 is 5.97 Å². The van der Waals surface area contributed by atoms with Crippen LogP contribution in [-0.2, 0) is 0 Å². The number of carboxylic acid groups (broad SMARTS) is 1. The number of nitrogens with zero attached hydrogens (tertiary/aromatic N) is 1. The maximum Gasteiger partial charge on any atom is 0.335 e. The Bertz CT molecular complexity index is 434. The highest BCUT2D eigenvalue weighted by molar-refractivity contribution is 5.88. The molecule has 1 saturated heterocycles. The maximum absolute atomic E-state index is 10.9. The van der Waals surface area contributed by atoms with Crippen molar-refractivity contribution in [2.24, 2.45) is 0 Å². The van der Waals surface area contributed by atoms with Crippen molar-refractivity contribution in [3.05, 3.63) is 29.8 Å². The Labute approximate surface area is 108 Å². The Kier molecular flexibility index (Phi) is 3.87. The van der Waals surface area contributed by atoms with E-state index in [-0.39, 0.29) is 0 Å². The van der Waals surface area contributed by atoms with E-state index in [1.165, 1.54) is 0 Å². The van der Waals surface area contributed by atoms with Gasteiger partial charge in [0.2, 0.25) is 0 Å². The molecule has 4 heteroatoms. The summed E-state index contributed by atoms with van der Waals surface area (Å²) in [7, 11) is 2.14. The molecular weight excluding hydrogens is 228 g/mol. The summed E-state index contributed by atoms with van der Waals surface area (Å²) in [5, 5.41) is 12.4. The summed E-state index contributed by atoms with van der Waals surface area (Å²) >= 11 is 0. The van der Waals surface area contributed by atoms with Gasteiger partial charge in [-0.2, -0.15) is 0 Å². The summed E-state index contributed by atoms with van der Waals surface area (Å²) < 4.78 is 0. The largest absolute Gasteiger partial charge is 0.478 e. The van der Waals surface area contributed by atoms with Crippen molar-refractivity contribution in [1.82, 2.24) is 4.90 Å². The van der Waals surface area contributed by atoms with Crippen molar-refractivity contribution < 1.29 is 9.90 Å². The van der Waals surface area contributed by atoms with Crippen molar-refractivity contribution in [1.29, 1.82) is 0 Å². The number of piperidine rings is 1. The van der Waals surface area contributed by atoms with Crippen LogP contribution in [0.15, 0.2) is 24.3 Å². The van der Waals surface area contributed by atoms with E-state index >= 15 is 0 Å². The third kappa shape index (κ3) is 3.01. The number of nitrogens with one attached hydrogen (secondary N) is 1. The molecule has 0 spiro atoms. The summed E-state index contributed by atoms with van der Waals surface area (Å²) in [4.78, 5) is 13.3. The third-order valence-corrected chi connectivity index (χ3v) is 3.69. The molecule has 1 fully saturated rings. The Morgan fingerprint density at radius 2 is 2.28 bits per heavy atom. The fraction of sp³-hybridized carbons (Fsp3) is 0.500. The van der Waals surface area contributed by atoms with Gasteiger partial charge in [-0.3, -0.25) is 0 Å². The standard InChI is InChI=1S/C14H20N2O2/c1-10-8-13(6-7-16(10)2)15-12-5-3-4-11(9-12)14(17)18/h3-5,9-10,13,15H,6-8H2,1-2H3,(H,17,18). The van der Waals surface area contributed by atoms with Crippen LogP contribution in [0.5, 0.6) is 0 Å². The monoisotopic (exact) mass is 248 g/mol. The molecule has 98 valence electrons. The molecule has 2 unspecified atom stereocenters. The summed E-state index contributed by atoms with van der Waals surface area (Å²) in [5.74, 6) is -0.879. The molecule has 0 aromatic heterocycles. The first-order valence-electron chi connectivity index (χ1n) is 6.36. The van der Waals surface area contributed by atoms with Crippen LogP contribution < -0.4 is 5.32 Å². The molecule has 0 bridgehead atoms. The zero-order valence-corrected chi connectivity index (χ0v) is 10.9. The molecule has 2 N–H and O–H groups in total. The van der Waals surface area contributed by atoms with Crippen molar-refractivity contribution in [2.45, 2.75) is 31.8 Å². The first-order valence-corrected chi connectivity index (χ1v) is 6.36. The van der Waals surface area contributed by atoms with E-state index in [9.17, 15) is 4.79 Å². The van der Waals surface area contributed by atoms with E-state index in [4.69, 9.17) is 5.11 Å². The number of hydrogen-bond donors (Lipinski definition) is 2. The van der Waals surface area contributed by atoms with Gasteiger partial charge in [0, 0.05) is 24.3 Å². The minimum atomic E-state index is -0.879. The fourth-order valence-electron chi connectivity index (χ4n) is 2.40. The smallest absolute Gasteiger partial charge is 0.335 e. The van der Waals surface area contributed by atoms with E-state index in [1.807, 2.05) is 6.07 Å². The summed E-state index contributed by atoms with van der Waals surface area (Å²) in [6, 6.07) is 8.02. The zero-order chi connectivity index (χ0) is 13.1. The van der Waals surface area contributed by atoms with Crippen LogP contribution in [0.1, 0.15) is 30.1 Å². The lowest BCUT2D eigenvalue weighted by Gasteiger charge is -2.35. The average molecular weight is 248 g/mol. The van der Waals surface area contributed by atoms with Crippen LogP contribution in [0, 0.1) is 0 Å². The summed E-state index contributed by atoms with van der Waals surface area (Å²) in [5.41, 5.74) is 1.23. The molecule has 4 nitrogen and oxygen atoms in total. The number of carbonyl (C=O) groups is 1. The van der Waals surface area contributed by atoms with Crippen molar-refractivity contribution in [3.8, 4) is 0 Å². The number of anilines is 1. The first-order chi connectivity index (χ1) is 8.56. The molecule has 1 aliphatic heterocycles. The van der Waals surface area contributed by atoms with Crippen LogP contribution in [0.4, 0.5) is 5.69 Å². The molecular formula is C14H20N2O2. The predicted molar refractivity (Wildman–Crippen MR) is 72.1 cm³/mol. The number of benzene rings is 1. The van der Waals surface area contributed by atoms with E-state index in [2.05, 4.69) is 24.2 Å². The number of carboxylic acids is 1. The molecule has 18 heavy (non-hydrogen) atoms. The molecule has 0 radical (unpaired) electrons. The van der Waals surface area contributed by atoms with Crippen molar-refractivity contribution in [2.75, 3.05) is 18.9 Å². The highest BCUT2D eigenvalue weighted by Gasteiger charge is 2.22. The second-order valence-electron chi connectivity index (χ2n) is 5.08. The molecule has 0 amide bonds. The van der Waals surface area contributed by atoms with E-state index in [0.717, 1.165) is 25.1 Å². The van der Waals surface area contributed by atoms with Crippen LogP contribution in [0.3, 0.4) is 0 Å². The quantitative estimate of drug-likeness (QED) is 0.861. The number of hydrogen-bond acceptors (Lipinski definition) is 3. The molecule has 0 saturated carbocycles. The molecule has 2 rings (SSSR count). The van der Waals surface area contributed by atoms with Gasteiger partial charge in [-0.1, -0.05) is 6.07 Å². The lowest BCUT2D eigenvalue weighted by Crippen LogP contribution is -2.42. The van der Waals surface area contributed by atoms with Crippen LogP contribution >= 0.6 is 0 Å². The summed E-state index contributed by atoms with van der Waals surface area (Å²) in [6.07, 6.45) is 2.19. The van der Waals surface area contributed by atoms with Crippen LogP contribution in [-0.4, -0.2) is 41.7 Å². The minimum absolute atomic E-state index is 0.334. The molecule has 1 heterocycles. The zero-order valence-electron chi connectivity index (χ0n) is 10.9. The lowest BCUT2D eigenvalue weighted by atomic mass is 9.98. The Morgan fingerprint density at radius 3 is 2.94 bits per heavy atom.